The van der Waals surface area contributed by atoms with E-state index in [1.807, 2.05) is 24.3 Å². The first-order valence-corrected chi connectivity index (χ1v) is 7.72. The number of halogens is 4. The summed E-state index contributed by atoms with van der Waals surface area (Å²) in [5.74, 6) is 0.266. The third-order valence-corrected chi connectivity index (χ3v) is 3.56. The van der Waals surface area contributed by atoms with Gasteiger partial charge in [-0.25, -0.2) is 9.97 Å². The molecule has 0 saturated heterocycles. The minimum absolute atomic E-state index is 0.193. The van der Waals surface area contributed by atoms with E-state index in [-0.39, 0.29) is 5.75 Å². The Labute approximate surface area is 146 Å². The van der Waals surface area contributed by atoms with Gasteiger partial charge in [0.2, 0.25) is 5.88 Å². The Morgan fingerprint density at radius 2 is 1.69 bits per heavy atom. The van der Waals surface area contributed by atoms with Crippen LogP contribution in [0.3, 0.4) is 0 Å². The van der Waals surface area contributed by atoms with Crippen LogP contribution < -0.4 is 9.47 Å². The molecule has 0 aliphatic heterocycles. The van der Waals surface area contributed by atoms with Gasteiger partial charge in [0.15, 0.2) is 0 Å². The molecular weight excluding hydrogens is 352 g/mol. The molecule has 0 aliphatic rings. The molecule has 136 valence electrons. The van der Waals surface area contributed by atoms with Gasteiger partial charge in [0.05, 0.1) is 17.5 Å². The summed E-state index contributed by atoms with van der Waals surface area (Å²) < 4.78 is 59.1. The van der Waals surface area contributed by atoms with Gasteiger partial charge < -0.3 is 9.47 Å². The van der Waals surface area contributed by atoms with Crippen LogP contribution in [0.5, 0.6) is 11.6 Å². The van der Waals surface area contributed by atoms with Gasteiger partial charge in [-0.05, 0) is 29.8 Å². The van der Waals surface area contributed by atoms with Gasteiger partial charge in [0.1, 0.15) is 12.1 Å². The lowest BCUT2D eigenvalue weighted by Gasteiger charge is -2.14. The molecule has 8 heteroatoms. The van der Waals surface area contributed by atoms with Gasteiger partial charge in [0, 0.05) is 6.42 Å². The Kier molecular flexibility index (Phi) is 5.20. The molecule has 1 heterocycles. The van der Waals surface area contributed by atoms with Gasteiger partial charge in [-0.1, -0.05) is 24.3 Å². The fraction of sp³-hybridized carbons (Fsp3) is 0.222. The second-order valence-corrected chi connectivity index (χ2v) is 5.41. The highest BCUT2D eigenvalue weighted by Gasteiger charge is 2.42. The lowest BCUT2D eigenvalue weighted by Crippen LogP contribution is -2.29. The smallest absolute Gasteiger partial charge is 0.457 e. The van der Waals surface area contributed by atoms with E-state index in [1.165, 1.54) is 18.5 Å². The second kappa shape index (κ2) is 7.55. The predicted octanol–water partition coefficient (Wildman–Crippen LogP) is 4.49. The Hall–Kier alpha value is -2.90. The van der Waals surface area contributed by atoms with E-state index in [0.29, 0.717) is 18.9 Å². The zero-order valence-corrected chi connectivity index (χ0v) is 13.4. The largest absolute Gasteiger partial charge is 0.477 e. The summed E-state index contributed by atoms with van der Waals surface area (Å²) in [5.41, 5.74) is 1.57. The standard InChI is InChI=1S/C18H14F4N2O2/c19-17(18(20,21)22)26-13-7-5-12(6-8-13)9-10-25-16-14-3-1-2-4-15(14)23-11-24-16/h1-8,11,17H,9-10H2. The van der Waals surface area contributed by atoms with Gasteiger partial charge in [-0.15, -0.1) is 0 Å². The number of hydrogen-bond donors (Lipinski definition) is 0. The number of para-hydroxylation sites is 1. The van der Waals surface area contributed by atoms with E-state index >= 15 is 0 Å². The first kappa shape index (κ1) is 17.9. The van der Waals surface area contributed by atoms with Crippen molar-refractivity contribution in [1.29, 1.82) is 0 Å². The minimum Gasteiger partial charge on any atom is -0.477 e. The predicted molar refractivity (Wildman–Crippen MR) is 86.8 cm³/mol. The third-order valence-electron chi connectivity index (χ3n) is 3.56. The van der Waals surface area contributed by atoms with Crippen molar-refractivity contribution in [2.75, 3.05) is 6.61 Å². The average molecular weight is 366 g/mol. The van der Waals surface area contributed by atoms with Crippen LogP contribution in [0, 0.1) is 0 Å². The van der Waals surface area contributed by atoms with Crippen molar-refractivity contribution < 1.29 is 27.0 Å². The maximum Gasteiger partial charge on any atom is 0.457 e. The zero-order chi connectivity index (χ0) is 18.6. The molecule has 0 aliphatic carbocycles. The van der Waals surface area contributed by atoms with Crippen LogP contribution in [-0.2, 0) is 6.42 Å². The van der Waals surface area contributed by atoms with Crippen LogP contribution in [0.4, 0.5) is 17.6 Å². The molecule has 1 atom stereocenters. The van der Waals surface area contributed by atoms with Crippen LogP contribution in [0.15, 0.2) is 54.9 Å². The number of alkyl halides is 4. The van der Waals surface area contributed by atoms with Crippen LogP contribution in [0.2, 0.25) is 0 Å². The van der Waals surface area contributed by atoms with Gasteiger partial charge in [-0.3, -0.25) is 0 Å². The van der Waals surface area contributed by atoms with E-state index in [2.05, 4.69) is 14.7 Å². The first-order chi connectivity index (χ1) is 12.4. The molecule has 3 rings (SSSR count). The van der Waals surface area contributed by atoms with Crippen molar-refractivity contribution in [3.05, 3.63) is 60.4 Å². The van der Waals surface area contributed by atoms with E-state index in [9.17, 15) is 17.6 Å². The molecule has 3 aromatic rings. The van der Waals surface area contributed by atoms with Crippen LogP contribution in [-0.4, -0.2) is 29.1 Å². The number of ether oxygens (including phenoxy) is 2. The average Bonchev–Trinajstić information content (AvgIpc) is 2.62. The molecular formula is C18H14F4N2O2. The van der Waals surface area contributed by atoms with E-state index in [0.717, 1.165) is 16.5 Å². The molecule has 0 bridgehead atoms. The SMILES string of the molecule is FC(Oc1ccc(CCOc2ncnc3ccccc23)cc1)C(F)(F)F. The van der Waals surface area contributed by atoms with Gasteiger partial charge in [-0.2, -0.15) is 17.6 Å². The molecule has 1 unspecified atom stereocenters. The van der Waals surface area contributed by atoms with Crippen molar-refractivity contribution in [3.63, 3.8) is 0 Å². The lowest BCUT2D eigenvalue weighted by atomic mass is 10.1. The van der Waals surface area contributed by atoms with Crippen molar-refractivity contribution >= 4 is 10.9 Å². The number of benzene rings is 2. The highest BCUT2D eigenvalue weighted by molar-refractivity contribution is 5.82. The summed E-state index contributed by atoms with van der Waals surface area (Å²) in [4.78, 5) is 8.25. The summed E-state index contributed by atoms with van der Waals surface area (Å²) in [7, 11) is 0. The van der Waals surface area contributed by atoms with Crippen molar-refractivity contribution in [2.45, 2.75) is 19.0 Å². The molecule has 0 spiro atoms. The summed E-state index contributed by atoms with van der Waals surface area (Å²) in [6.45, 7) is 0.315. The van der Waals surface area contributed by atoms with Crippen molar-refractivity contribution in [1.82, 2.24) is 9.97 Å². The Balaban J connectivity index is 1.57. The third kappa shape index (κ3) is 4.38. The topological polar surface area (TPSA) is 44.2 Å². The summed E-state index contributed by atoms with van der Waals surface area (Å²) >= 11 is 0. The molecule has 0 N–H and O–H groups in total. The number of rotatable bonds is 6. The molecule has 0 radical (unpaired) electrons. The summed E-state index contributed by atoms with van der Waals surface area (Å²) in [6, 6.07) is 13.1. The monoisotopic (exact) mass is 366 g/mol. The molecule has 1 aromatic heterocycles. The maximum absolute atomic E-state index is 12.8. The van der Waals surface area contributed by atoms with E-state index in [1.54, 1.807) is 12.1 Å². The normalized spacial score (nSPS) is 12.8. The van der Waals surface area contributed by atoms with Crippen molar-refractivity contribution in [2.24, 2.45) is 0 Å². The molecule has 0 fully saturated rings. The number of hydrogen-bond acceptors (Lipinski definition) is 4. The molecule has 0 amide bonds. The highest BCUT2D eigenvalue weighted by atomic mass is 19.4. The van der Waals surface area contributed by atoms with E-state index < -0.39 is 12.5 Å². The fourth-order valence-corrected chi connectivity index (χ4v) is 2.28. The Morgan fingerprint density at radius 1 is 0.962 bits per heavy atom. The zero-order valence-electron chi connectivity index (χ0n) is 13.4. The molecule has 0 saturated carbocycles. The lowest BCUT2D eigenvalue weighted by molar-refractivity contribution is -0.236. The van der Waals surface area contributed by atoms with Crippen molar-refractivity contribution in [3.8, 4) is 11.6 Å². The molecule has 26 heavy (non-hydrogen) atoms. The number of aromatic nitrogens is 2. The van der Waals surface area contributed by atoms with E-state index in [4.69, 9.17) is 4.74 Å². The van der Waals surface area contributed by atoms with Gasteiger partial charge >= 0.3 is 12.5 Å². The highest BCUT2D eigenvalue weighted by Crippen LogP contribution is 2.26. The first-order valence-electron chi connectivity index (χ1n) is 7.72. The number of fused-ring (bicyclic) bond motifs is 1. The minimum atomic E-state index is -5.05. The fourth-order valence-electron chi connectivity index (χ4n) is 2.28. The second-order valence-electron chi connectivity index (χ2n) is 5.41. The molecule has 4 nitrogen and oxygen atoms in total. The van der Waals surface area contributed by atoms with Crippen LogP contribution in [0.1, 0.15) is 5.56 Å². The quantitative estimate of drug-likeness (QED) is 0.603. The van der Waals surface area contributed by atoms with Crippen LogP contribution >= 0.6 is 0 Å². The van der Waals surface area contributed by atoms with Crippen LogP contribution in [0.25, 0.3) is 10.9 Å². The maximum atomic E-state index is 12.8. The number of nitrogens with zero attached hydrogens (tertiary/aromatic N) is 2. The summed E-state index contributed by atoms with van der Waals surface area (Å²) in [6.07, 6.45) is -6.48. The Morgan fingerprint density at radius 3 is 2.42 bits per heavy atom. The Bertz CT molecular complexity index is 864. The summed E-state index contributed by atoms with van der Waals surface area (Å²) in [5, 5.41) is 0.792. The van der Waals surface area contributed by atoms with Gasteiger partial charge in [0.25, 0.3) is 0 Å². The molecule has 2 aromatic carbocycles.